The first kappa shape index (κ1) is 12.3. The van der Waals surface area contributed by atoms with Crippen LogP contribution in [0.25, 0.3) is 0 Å². The van der Waals surface area contributed by atoms with Gasteiger partial charge >= 0.3 is 0 Å². The lowest BCUT2D eigenvalue weighted by Crippen LogP contribution is -2.43. The van der Waals surface area contributed by atoms with Crippen LogP contribution in [0.5, 0.6) is 0 Å². The van der Waals surface area contributed by atoms with Crippen LogP contribution < -0.4 is 10.6 Å². The van der Waals surface area contributed by atoms with E-state index in [1.807, 2.05) is 12.3 Å². The lowest BCUT2D eigenvalue weighted by atomic mass is 10.2. The molecule has 0 spiro atoms. The fraction of sp³-hybridized carbons (Fsp3) is 0.615. The molecule has 1 aromatic heterocycles. The number of pyridine rings is 1. The van der Waals surface area contributed by atoms with Crippen LogP contribution in [-0.4, -0.2) is 36.2 Å². The summed E-state index contributed by atoms with van der Waals surface area (Å²) in [6, 6.07) is 4.01. The van der Waals surface area contributed by atoms with Gasteiger partial charge in [0.2, 0.25) is 0 Å². The van der Waals surface area contributed by atoms with E-state index >= 15 is 0 Å². The molecule has 1 unspecified atom stereocenters. The molecule has 0 aromatic carbocycles. The van der Waals surface area contributed by atoms with Gasteiger partial charge in [-0.25, -0.2) is 4.98 Å². The van der Waals surface area contributed by atoms with Crippen LogP contribution in [0.4, 0.5) is 5.82 Å². The van der Waals surface area contributed by atoms with Crippen LogP contribution in [0.2, 0.25) is 0 Å². The molecule has 0 aliphatic carbocycles. The maximum atomic E-state index is 5.77. The molecular formula is C13H22N4. The maximum Gasteiger partial charge on any atom is 0.133 e. The van der Waals surface area contributed by atoms with Crippen LogP contribution in [0.15, 0.2) is 18.3 Å². The van der Waals surface area contributed by atoms with Crippen LogP contribution in [-0.2, 0) is 6.54 Å². The lowest BCUT2D eigenvalue weighted by Gasteiger charge is -2.33. The molecule has 2 rings (SSSR count). The zero-order chi connectivity index (χ0) is 12.3. The molecule has 1 aliphatic heterocycles. The van der Waals surface area contributed by atoms with Crippen molar-refractivity contribution in [1.29, 1.82) is 0 Å². The molecule has 2 N–H and O–H groups in total. The van der Waals surface area contributed by atoms with Crippen molar-refractivity contribution < 1.29 is 0 Å². The topological polar surface area (TPSA) is 45.4 Å². The van der Waals surface area contributed by atoms with E-state index in [9.17, 15) is 0 Å². The molecule has 2 heterocycles. The Labute approximate surface area is 103 Å². The van der Waals surface area contributed by atoms with E-state index < -0.39 is 0 Å². The van der Waals surface area contributed by atoms with Crippen molar-refractivity contribution in [2.75, 3.05) is 25.0 Å². The van der Waals surface area contributed by atoms with Gasteiger partial charge in [-0.15, -0.1) is 0 Å². The normalized spacial score (nSPS) is 20.8. The van der Waals surface area contributed by atoms with Crippen LogP contribution in [0.3, 0.4) is 0 Å². The first-order valence-electron chi connectivity index (χ1n) is 6.38. The molecule has 4 nitrogen and oxygen atoms in total. The third-order valence-corrected chi connectivity index (χ3v) is 3.60. The molecular weight excluding hydrogens is 212 g/mol. The Morgan fingerprint density at radius 1 is 1.59 bits per heavy atom. The standard InChI is InChI=1S/C13H22N4/c1-3-17-9-5-7-12(17)16(2)13-11(10-14)6-4-8-15-13/h4,6,8,12H,3,5,7,9-10,14H2,1-2H3. The van der Waals surface area contributed by atoms with Crippen LogP contribution in [0.1, 0.15) is 25.3 Å². The number of rotatable bonds is 4. The van der Waals surface area contributed by atoms with Gasteiger partial charge in [-0.2, -0.15) is 0 Å². The molecule has 1 fully saturated rings. The van der Waals surface area contributed by atoms with E-state index in [1.54, 1.807) is 0 Å². The molecule has 94 valence electrons. The Morgan fingerprint density at radius 3 is 3.12 bits per heavy atom. The predicted octanol–water partition coefficient (Wildman–Crippen LogP) is 1.42. The molecule has 0 amide bonds. The highest BCUT2D eigenvalue weighted by Crippen LogP contribution is 2.25. The Morgan fingerprint density at radius 2 is 2.41 bits per heavy atom. The van der Waals surface area contributed by atoms with Gasteiger partial charge in [0, 0.05) is 31.9 Å². The third-order valence-electron chi connectivity index (χ3n) is 3.60. The van der Waals surface area contributed by atoms with Crippen molar-refractivity contribution in [3.63, 3.8) is 0 Å². The van der Waals surface area contributed by atoms with Gasteiger partial charge in [-0.3, -0.25) is 4.90 Å². The highest BCUT2D eigenvalue weighted by atomic mass is 15.4. The minimum atomic E-state index is 0.472. The molecule has 4 heteroatoms. The molecule has 17 heavy (non-hydrogen) atoms. The first-order valence-corrected chi connectivity index (χ1v) is 6.38. The number of nitrogens with two attached hydrogens (primary N) is 1. The Bertz CT molecular complexity index is 366. The van der Waals surface area contributed by atoms with Crippen LogP contribution in [0, 0.1) is 0 Å². The zero-order valence-corrected chi connectivity index (χ0v) is 10.8. The summed E-state index contributed by atoms with van der Waals surface area (Å²) in [6.07, 6.45) is 4.80. The molecule has 1 aliphatic rings. The quantitative estimate of drug-likeness (QED) is 0.856. The highest BCUT2D eigenvalue weighted by molar-refractivity contribution is 5.46. The second-order valence-electron chi connectivity index (χ2n) is 4.55. The second kappa shape index (κ2) is 5.47. The minimum absolute atomic E-state index is 0.472. The average Bonchev–Trinajstić information content (AvgIpc) is 2.86. The van der Waals surface area contributed by atoms with Gasteiger partial charge in [0.1, 0.15) is 5.82 Å². The average molecular weight is 234 g/mol. The summed E-state index contributed by atoms with van der Waals surface area (Å²) in [5.74, 6) is 1.03. The van der Waals surface area contributed by atoms with Crippen molar-refractivity contribution in [2.45, 2.75) is 32.5 Å². The molecule has 0 bridgehead atoms. The summed E-state index contributed by atoms with van der Waals surface area (Å²) in [5.41, 5.74) is 6.90. The van der Waals surface area contributed by atoms with Crippen molar-refractivity contribution in [1.82, 2.24) is 9.88 Å². The largest absolute Gasteiger partial charge is 0.344 e. The summed E-state index contributed by atoms with van der Waals surface area (Å²) in [5, 5.41) is 0. The fourth-order valence-corrected chi connectivity index (χ4v) is 2.66. The molecule has 1 aromatic rings. The number of likely N-dealkylation sites (tertiary alicyclic amines) is 1. The summed E-state index contributed by atoms with van der Waals surface area (Å²) in [4.78, 5) is 9.25. The van der Waals surface area contributed by atoms with Crippen LogP contribution >= 0.6 is 0 Å². The van der Waals surface area contributed by atoms with Gasteiger partial charge < -0.3 is 10.6 Å². The van der Waals surface area contributed by atoms with Gasteiger partial charge in [-0.05, 0) is 25.5 Å². The van der Waals surface area contributed by atoms with E-state index in [0.29, 0.717) is 12.7 Å². The number of nitrogens with zero attached hydrogens (tertiary/aromatic N) is 3. The smallest absolute Gasteiger partial charge is 0.133 e. The molecule has 0 saturated carbocycles. The number of anilines is 1. The Kier molecular flexibility index (Phi) is 3.97. The fourth-order valence-electron chi connectivity index (χ4n) is 2.66. The highest BCUT2D eigenvalue weighted by Gasteiger charge is 2.28. The number of hydrogen-bond donors (Lipinski definition) is 1. The summed E-state index contributed by atoms with van der Waals surface area (Å²) in [6.45, 7) is 5.05. The predicted molar refractivity (Wildman–Crippen MR) is 70.8 cm³/mol. The third kappa shape index (κ3) is 2.42. The van der Waals surface area contributed by atoms with Gasteiger partial charge in [0.15, 0.2) is 0 Å². The van der Waals surface area contributed by atoms with Crippen molar-refractivity contribution in [3.05, 3.63) is 23.9 Å². The SMILES string of the molecule is CCN1CCCC1N(C)c1ncccc1CN. The number of hydrogen-bond acceptors (Lipinski definition) is 4. The summed E-state index contributed by atoms with van der Waals surface area (Å²) in [7, 11) is 2.13. The van der Waals surface area contributed by atoms with Gasteiger partial charge in [-0.1, -0.05) is 13.0 Å². The van der Waals surface area contributed by atoms with Crippen molar-refractivity contribution in [3.8, 4) is 0 Å². The lowest BCUT2D eigenvalue weighted by molar-refractivity contribution is 0.264. The summed E-state index contributed by atoms with van der Waals surface area (Å²) < 4.78 is 0. The first-order chi connectivity index (χ1) is 8.27. The molecule has 1 atom stereocenters. The van der Waals surface area contributed by atoms with Crippen molar-refractivity contribution in [2.24, 2.45) is 5.73 Å². The van der Waals surface area contributed by atoms with E-state index in [1.165, 1.54) is 19.4 Å². The van der Waals surface area contributed by atoms with E-state index in [4.69, 9.17) is 5.73 Å². The van der Waals surface area contributed by atoms with E-state index in [2.05, 4.69) is 34.8 Å². The zero-order valence-electron chi connectivity index (χ0n) is 10.8. The second-order valence-corrected chi connectivity index (χ2v) is 4.55. The maximum absolute atomic E-state index is 5.77. The summed E-state index contributed by atoms with van der Waals surface area (Å²) >= 11 is 0. The molecule has 1 saturated heterocycles. The Hall–Kier alpha value is -1.13. The Balaban J connectivity index is 2.21. The minimum Gasteiger partial charge on any atom is -0.344 e. The van der Waals surface area contributed by atoms with Gasteiger partial charge in [0.05, 0.1) is 6.17 Å². The van der Waals surface area contributed by atoms with Crippen molar-refractivity contribution >= 4 is 5.82 Å². The van der Waals surface area contributed by atoms with Gasteiger partial charge in [0.25, 0.3) is 0 Å². The number of aromatic nitrogens is 1. The van der Waals surface area contributed by atoms with E-state index in [0.717, 1.165) is 17.9 Å². The monoisotopic (exact) mass is 234 g/mol. The van der Waals surface area contributed by atoms with E-state index in [-0.39, 0.29) is 0 Å². The molecule has 0 radical (unpaired) electrons.